The molecule has 0 radical (unpaired) electrons. The molecule has 0 spiro atoms. The van der Waals surface area contributed by atoms with E-state index in [1.165, 1.54) is 18.2 Å². The van der Waals surface area contributed by atoms with Crippen LogP contribution in [0.4, 0.5) is 11.4 Å². The molecule has 184 valence electrons. The molecule has 4 N–H and O–H groups in total. The van der Waals surface area contributed by atoms with E-state index in [0.29, 0.717) is 11.2 Å². The molecule has 4 rings (SSSR count). The third kappa shape index (κ3) is 8.32. The molecule has 36 heavy (non-hydrogen) atoms. The Hall–Kier alpha value is -4.59. The number of benzene rings is 2. The minimum Gasteiger partial charge on any atom is -0.423 e. The van der Waals surface area contributed by atoms with Crippen molar-refractivity contribution >= 4 is 35.6 Å². The van der Waals surface area contributed by atoms with E-state index in [-0.39, 0.29) is 5.15 Å². The van der Waals surface area contributed by atoms with E-state index in [1.54, 1.807) is 24.3 Å². The van der Waals surface area contributed by atoms with Gasteiger partial charge in [-0.2, -0.15) is 0 Å². The summed E-state index contributed by atoms with van der Waals surface area (Å²) in [6.45, 7) is 0. The highest BCUT2D eigenvalue weighted by molar-refractivity contribution is 6.58. The number of halogens is 1. The number of nitrogens with one attached hydrogen (secondary N) is 2. The van der Waals surface area contributed by atoms with Crippen LogP contribution >= 0.6 is 11.6 Å². The Balaban J connectivity index is 0.000000200. The van der Waals surface area contributed by atoms with E-state index in [2.05, 4.69) is 9.97 Å². The number of nitrogens with zero attached hydrogens (tertiary/aromatic N) is 2. The predicted molar refractivity (Wildman–Crippen MR) is 134 cm³/mol. The molecule has 0 amide bonds. The molecule has 0 aliphatic heterocycles. The fourth-order valence-electron chi connectivity index (χ4n) is 2.61. The van der Waals surface area contributed by atoms with Gasteiger partial charge in [0.2, 0.25) is 0 Å². The fourth-order valence-corrected chi connectivity index (χ4v) is 2.76. The molecule has 0 aliphatic rings. The first kappa shape index (κ1) is 27.7. The van der Waals surface area contributed by atoms with Gasteiger partial charge in [-0.25, -0.2) is 0 Å². The highest BCUT2D eigenvalue weighted by atomic mass is 35.5. The van der Waals surface area contributed by atoms with Crippen LogP contribution in [-0.4, -0.2) is 37.0 Å². The molecule has 2 aromatic heterocycles. The van der Waals surface area contributed by atoms with Crippen LogP contribution in [0.3, 0.4) is 0 Å². The van der Waals surface area contributed by atoms with Gasteiger partial charge in [-0.3, -0.25) is 29.8 Å². The van der Waals surface area contributed by atoms with Crippen LogP contribution in [0.15, 0.2) is 94.5 Å². The van der Waals surface area contributed by atoms with Crippen molar-refractivity contribution in [3.63, 3.8) is 0 Å². The van der Waals surface area contributed by atoms with Gasteiger partial charge < -0.3 is 20.0 Å². The van der Waals surface area contributed by atoms with Crippen LogP contribution < -0.4 is 16.6 Å². The summed E-state index contributed by atoms with van der Waals surface area (Å²) < 4.78 is 0. The molecule has 0 atom stereocenters. The predicted octanol–water partition coefficient (Wildman–Crippen LogP) is 2.25. The maximum absolute atomic E-state index is 11.4. The van der Waals surface area contributed by atoms with Crippen LogP contribution in [0.2, 0.25) is 5.15 Å². The lowest BCUT2D eigenvalue weighted by Crippen LogP contribution is -2.29. The SMILES string of the molecule is O=c1[nH]c(-c2ccccc2)ccc1[N+](=O)[O-].O=c1[nH]c(Cl)ccc1[N+](=O)[O-].OB(O)c1ccccc1. The lowest BCUT2D eigenvalue weighted by Gasteiger charge is -1.99. The summed E-state index contributed by atoms with van der Waals surface area (Å²) in [6.07, 6.45) is 0. The Morgan fingerprint density at radius 3 is 1.58 bits per heavy atom. The summed E-state index contributed by atoms with van der Waals surface area (Å²) in [4.78, 5) is 45.7. The molecular formula is C22H18BClN4O8. The Labute approximate surface area is 207 Å². The molecule has 2 aromatic carbocycles. The zero-order chi connectivity index (χ0) is 26.7. The molecule has 0 saturated carbocycles. The van der Waals surface area contributed by atoms with Gasteiger partial charge in [-0.05, 0) is 23.2 Å². The highest BCUT2D eigenvalue weighted by Gasteiger charge is 2.12. The first-order valence-electron chi connectivity index (χ1n) is 9.97. The number of hydrogen-bond donors (Lipinski definition) is 4. The quantitative estimate of drug-likeness (QED) is 0.138. The third-order valence-electron chi connectivity index (χ3n) is 4.32. The van der Waals surface area contributed by atoms with Crippen molar-refractivity contribution in [1.29, 1.82) is 0 Å². The molecule has 0 unspecified atom stereocenters. The first-order valence-corrected chi connectivity index (χ1v) is 10.4. The Kier molecular flexibility index (Phi) is 10.2. The van der Waals surface area contributed by atoms with E-state index in [1.807, 2.05) is 36.4 Å². The molecule has 14 heteroatoms. The van der Waals surface area contributed by atoms with E-state index in [9.17, 15) is 29.8 Å². The van der Waals surface area contributed by atoms with E-state index < -0.39 is 39.5 Å². The Morgan fingerprint density at radius 2 is 1.17 bits per heavy atom. The summed E-state index contributed by atoms with van der Waals surface area (Å²) in [7, 11) is -1.34. The van der Waals surface area contributed by atoms with Crippen LogP contribution in [0.25, 0.3) is 11.3 Å². The van der Waals surface area contributed by atoms with Crippen LogP contribution in [0, 0.1) is 20.2 Å². The Bertz CT molecular complexity index is 1430. The molecule has 0 saturated heterocycles. The highest BCUT2D eigenvalue weighted by Crippen LogP contribution is 2.16. The maximum atomic E-state index is 11.4. The summed E-state index contributed by atoms with van der Waals surface area (Å²) in [5.74, 6) is 0. The van der Waals surface area contributed by atoms with Crippen molar-refractivity contribution in [2.75, 3.05) is 0 Å². The zero-order valence-corrected chi connectivity index (χ0v) is 19.0. The fraction of sp³-hybridized carbons (Fsp3) is 0. The van der Waals surface area contributed by atoms with Gasteiger partial charge in [0.15, 0.2) is 0 Å². The maximum Gasteiger partial charge on any atom is 0.488 e. The van der Waals surface area contributed by atoms with Gasteiger partial charge in [-0.1, -0.05) is 72.3 Å². The average Bonchev–Trinajstić information content (AvgIpc) is 2.85. The number of aromatic nitrogens is 2. The molecule has 2 heterocycles. The minimum atomic E-state index is -1.34. The van der Waals surface area contributed by atoms with E-state index in [4.69, 9.17) is 21.6 Å². The number of H-pyrrole nitrogens is 2. The van der Waals surface area contributed by atoms with Gasteiger partial charge in [0.05, 0.1) is 9.85 Å². The zero-order valence-electron chi connectivity index (χ0n) is 18.3. The number of aromatic amines is 2. The van der Waals surface area contributed by atoms with Crippen LogP contribution in [0.5, 0.6) is 0 Å². The number of hydrogen-bond acceptors (Lipinski definition) is 8. The topological polar surface area (TPSA) is 192 Å². The second kappa shape index (κ2) is 13.3. The number of pyridine rings is 2. The molecule has 0 bridgehead atoms. The molecule has 12 nitrogen and oxygen atoms in total. The molecular weight excluding hydrogens is 495 g/mol. The van der Waals surface area contributed by atoms with Gasteiger partial charge in [0.1, 0.15) is 5.15 Å². The Morgan fingerprint density at radius 1 is 0.694 bits per heavy atom. The summed E-state index contributed by atoms with van der Waals surface area (Å²) in [5, 5.41) is 37.8. The van der Waals surface area contributed by atoms with Gasteiger partial charge >= 0.3 is 29.6 Å². The van der Waals surface area contributed by atoms with Crippen molar-refractivity contribution in [3.05, 3.63) is 131 Å². The first-order chi connectivity index (χ1) is 17.1. The lowest BCUT2D eigenvalue weighted by atomic mass is 9.81. The van der Waals surface area contributed by atoms with Crippen LogP contribution in [0.1, 0.15) is 0 Å². The second-order valence-corrected chi connectivity index (χ2v) is 7.18. The smallest absolute Gasteiger partial charge is 0.423 e. The monoisotopic (exact) mass is 512 g/mol. The van der Waals surface area contributed by atoms with E-state index >= 15 is 0 Å². The summed E-state index contributed by atoms with van der Waals surface area (Å²) >= 11 is 5.34. The van der Waals surface area contributed by atoms with E-state index in [0.717, 1.165) is 11.6 Å². The standard InChI is InChI=1S/C11H8N2O3.C6H7BO2.C5H3ClN2O3/c14-11-10(13(15)16)7-6-9(12-11)8-4-2-1-3-5-8;8-7(9)6-4-2-1-3-5-6;6-4-2-1-3(8(10)11)5(9)7-4/h1-7H,(H,12,14);1-5,8-9H;1-2H,(H,7,9). The van der Waals surface area contributed by atoms with Crippen molar-refractivity contribution in [3.8, 4) is 11.3 Å². The number of rotatable bonds is 4. The summed E-state index contributed by atoms with van der Waals surface area (Å²) in [6, 6.07) is 22.8. The van der Waals surface area contributed by atoms with Gasteiger partial charge in [-0.15, -0.1) is 0 Å². The van der Waals surface area contributed by atoms with Crippen molar-refractivity contribution in [1.82, 2.24) is 9.97 Å². The van der Waals surface area contributed by atoms with Crippen molar-refractivity contribution in [2.45, 2.75) is 0 Å². The van der Waals surface area contributed by atoms with Crippen molar-refractivity contribution in [2.24, 2.45) is 0 Å². The molecule has 4 aromatic rings. The third-order valence-corrected chi connectivity index (χ3v) is 4.54. The normalized spacial score (nSPS) is 9.64. The molecule has 0 aliphatic carbocycles. The lowest BCUT2D eigenvalue weighted by molar-refractivity contribution is -0.386. The van der Waals surface area contributed by atoms with Gasteiger partial charge in [0.25, 0.3) is 0 Å². The average molecular weight is 513 g/mol. The minimum absolute atomic E-state index is 0.0839. The van der Waals surface area contributed by atoms with Crippen LogP contribution in [-0.2, 0) is 0 Å². The molecule has 0 fully saturated rings. The van der Waals surface area contributed by atoms with Crippen molar-refractivity contribution < 1.29 is 19.9 Å². The summed E-state index contributed by atoms with van der Waals surface area (Å²) in [5.41, 5.74) is -0.522. The second-order valence-electron chi connectivity index (χ2n) is 6.77. The van der Waals surface area contributed by atoms with Gasteiger partial charge in [0, 0.05) is 17.8 Å². The number of nitro groups is 2. The largest absolute Gasteiger partial charge is 0.488 e.